The Morgan fingerprint density at radius 1 is 1.43 bits per heavy atom. The Labute approximate surface area is 137 Å². The summed E-state index contributed by atoms with van der Waals surface area (Å²) in [4.78, 5) is 22.6. The van der Waals surface area contributed by atoms with E-state index in [1.807, 2.05) is 20.8 Å². The number of carbonyl (C=O) groups is 1. The van der Waals surface area contributed by atoms with Crippen LogP contribution in [-0.2, 0) is 16.1 Å². The highest BCUT2D eigenvalue weighted by Gasteiger charge is 2.27. The summed E-state index contributed by atoms with van der Waals surface area (Å²) in [5, 5.41) is 3.27. The first-order valence-electron chi connectivity index (χ1n) is 8.10. The van der Waals surface area contributed by atoms with Crippen molar-refractivity contribution in [3.05, 3.63) is 17.3 Å². The molecule has 1 aliphatic rings. The highest BCUT2D eigenvalue weighted by molar-refractivity contribution is 5.80. The summed E-state index contributed by atoms with van der Waals surface area (Å²) in [6, 6.07) is 0. The molecule has 1 aromatic rings. The van der Waals surface area contributed by atoms with Crippen LogP contribution in [0.5, 0.6) is 0 Å². The molecule has 1 aromatic heterocycles. The molecule has 2 heterocycles. The standard InChI is InChI=1S/C16H26N4O3/c1-5-22-15(21)13-6-8-20(9-7-13)16(17-4)18-10-14-19-11(2)12(3)23-14/h13H,5-10H2,1-4H3,(H,17,18). The summed E-state index contributed by atoms with van der Waals surface area (Å²) >= 11 is 0. The van der Waals surface area contributed by atoms with Crippen LogP contribution in [0.4, 0.5) is 0 Å². The summed E-state index contributed by atoms with van der Waals surface area (Å²) < 4.78 is 10.7. The molecule has 0 saturated carbocycles. The zero-order valence-electron chi connectivity index (χ0n) is 14.4. The normalized spacial score (nSPS) is 16.5. The smallest absolute Gasteiger partial charge is 0.309 e. The number of nitrogens with zero attached hydrogens (tertiary/aromatic N) is 3. The molecule has 128 valence electrons. The second-order valence-electron chi connectivity index (χ2n) is 5.66. The van der Waals surface area contributed by atoms with Crippen molar-refractivity contribution in [1.82, 2.24) is 15.2 Å². The predicted molar refractivity (Wildman–Crippen MR) is 87.1 cm³/mol. The van der Waals surface area contributed by atoms with Gasteiger partial charge < -0.3 is 19.4 Å². The maximum Gasteiger partial charge on any atom is 0.309 e. The number of nitrogens with one attached hydrogen (secondary N) is 1. The van der Waals surface area contributed by atoms with Crippen LogP contribution < -0.4 is 5.32 Å². The third kappa shape index (κ3) is 4.46. The predicted octanol–water partition coefficient (Wildman–Crippen LogP) is 1.64. The Hall–Kier alpha value is -2.05. The molecule has 2 rings (SSSR count). The van der Waals surface area contributed by atoms with Crippen LogP contribution in [0.25, 0.3) is 0 Å². The Morgan fingerprint density at radius 2 is 2.13 bits per heavy atom. The summed E-state index contributed by atoms with van der Waals surface area (Å²) in [5.74, 6) is 2.22. The van der Waals surface area contributed by atoms with Crippen LogP contribution in [0.2, 0.25) is 0 Å². The van der Waals surface area contributed by atoms with Crippen LogP contribution in [0.15, 0.2) is 9.41 Å². The van der Waals surface area contributed by atoms with Crippen LogP contribution in [0.3, 0.4) is 0 Å². The first kappa shape index (κ1) is 17.3. The maximum absolute atomic E-state index is 11.8. The molecule has 0 radical (unpaired) electrons. The van der Waals surface area contributed by atoms with Gasteiger partial charge in [0.15, 0.2) is 5.96 Å². The van der Waals surface area contributed by atoms with Crippen molar-refractivity contribution in [1.29, 1.82) is 0 Å². The van der Waals surface area contributed by atoms with Gasteiger partial charge >= 0.3 is 5.97 Å². The minimum atomic E-state index is -0.0826. The summed E-state index contributed by atoms with van der Waals surface area (Å²) in [5.41, 5.74) is 0.909. The second kappa shape index (κ2) is 7.99. The maximum atomic E-state index is 11.8. The lowest BCUT2D eigenvalue weighted by molar-refractivity contribution is -0.149. The monoisotopic (exact) mass is 322 g/mol. The van der Waals surface area contributed by atoms with Crippen LogP contribution >= 0.6 is 0 Å². The van der Waals surface area contributed by atoms with Crippen molar-refractivity contribution in [3.8, 4) is 0 Å². The van der Waals surface area contributed by atoms with Gasteiger partial charge in [-0.2, -0.15) is 0 Å². The molecule has 7 nitrogen and oxygen atoms in total. The number of aryl methyl sites for hydroxylation is 2. The molecule has 1 aliphatic heterocycles. The Morgan fingerprint density at radius 3 is 2.65 bits per heavy atom. The lowest BCUT2D eigenvalue weighted by atomic mass is 9.97. The summed E-state index contributed by atoms with van der Waals surface area (Å²) in [6.45, 7) is 8.18. The van der Waals surface area contributed by atoms with Crippen molar-refractivity contribution < 1.29 is 13.9 Å². The molecule has 7 heteroatoms. The van der Waals surface area contributed by atoms with Gasteiger partial charge in [-0.25, -0.2) is 4.98 Å². The minimum Gasteiger partial charge on any atom is -0.466 e. The van der Waals surface area contributed by atoms with Crippen LogP contribution in [0.1, 0.15) is 37.1 Å². The van der Waals surface area contributed by atoms with Gasteiger partial charge in [0, 0.05) is 20.1 Å². The molecule has 0 spiro atoms. The van der Waals surface area contributed by atoms with E-state index in [0.717, 1.165) is 43.3 Å². The molecule has 1 fully saturated rings. The topological polar surface area (TPSA) is 80.0 Å². The minimum absolute atomic E-state index is 0.00125. The fourth-order valence-corrected chi connectivity index (χ4v) is 2.69. The van der Waals surface area contributed by atoms with E-state index in [1.165, 1.54) is 0 Å². The number of ether oxygens (including phenoxy) is 1. The van der Waals surface area contributed by atoms with Crippen LogP contribution in [0, 0.1) is 19.8 Å². The van der Waals surface area contributed by atoms with Crippen molar-refractivity contribution in [3.63, 3.8) is 0 Å². The van der Waals surface area contributed by atoms with Gasteiger partial charge in [0.2, 0.25) is 5.89 Å². The van der Waals surface area contributed by atoms with E-state index in [0.29, 0.717) is 19.0 Å². The van der Waals surface area contributed by atoms with Gasteiger partial charge in [0.05, 0.1) is 24.8 Å². The fraction of sp³-hybridized carbons (Fsp3) is 0.688. The fourth-order valence-electron chi connectivity index (χ4n) is 2.69. The zero-order valence-corrected chi connectivity index (χ0v) is 14.4. The largest absolute Gasteiger partial charge is 0.466 e. The number of rotatable bonds is 4. The highest BCUT2D eigenvalue weighted by atomic mass is 16.5. The van der Waals surface area contributed by atoms with Gasteiger partial charge in [-0.15, -0.1) is 0 Å². The molecule has 0 aliphatic carbocycles. The second-order valence-corrected chi connectivity index (χ2v) is 5.66. The highest BCUT2D eigenvalue weighted by Crippen LogP contribution is 2.19. The Balaban J connectivity index is 1.84. The molecule has 0 bridgehead atoms. The van der Waals surface area contributed by atoms with E-state index >= 15 is 0 Å². The Bertz CT molecular complexity index is 540. The molecule has 1 saturated heterocycles. The van der Waals surface area contributed by atoms with Crippen molar-refractivity contribution >= 4 is 11.9 Å². The van der Waals surface area contributed by atoms with Gasteiger partial charge in [-0.05, 0) is 33.6 Å². The van der Waals surface area contributed by atoms with E-state index in [1.54, 1.807) is 7.05 Å². The Kier molecular flexibility index (Phi) is 6.01. The number of aromatic nitrogens is 1. The quantitative estimate of drug-likeness (QED) is 0.516. The first-order valence-corrected chi connectivity index (χ1v) is 8.10. The third-order valence-electron chi connectivity index (χ3n) is 4.10. The van der Waals surface area contributed by atoms with E-state index < -0.39 is 0 Å². The molecule has 0 amide bonds. The van der Waals surface area contributed by atoms with E-state index in [2.05, 4.69) is 20.2 Å². The molecule has 0 aromatic carbocycles. The number of hydrogen-bond acceptors (Lipinski definition) is 5. The average molecular weight is 322 g/mol. The molecule has 0 atom stereocenters. The first-order chi connectivity index (χ1) is 11.0. The lowest BCUT2D eigenvalue weighted by Crippen LogP contribution is -2.46. The number of guanidine groups is 1. The molecule has 1 N–H and O–H groups in total. The molecular weight excluding hydrogens is 296 g/mol. The zero-order chi connectivity index (χ0) is 16.8. The lowest BCUT2D eigenvalue weighted by Gasteiger charge is -2.33. The van der Waals surface area contributed by atoms with Gasteiger partial charge in [-0.1, -0.05) is 0 Å². The molecule has 23 heavy (non-hydrogen) atoms. The third-order valence-corrected chi connectivity index (χ3v) is 4.10. The van der Waals surface area contributed by atoms with Crippen molar-refractivity contribution in [2.24, 2.45) is 10.9 Å². The number of carbonyl (C=O) groups excluding carboxylic acids is 1. The number of likely N-dealkylation sites (tertiary alicyclic amines) is 1. The number of hydrogen-bond donors (Lipinski definition) is 1. The van der Waals surface area contributed by atoms with Gasteiger partial charge in [0.25, 0.3) is 0 Å². The van der Waals surface area contributed by atoms with E-state index in [-0.39, 0.29) is 11.9 Å². The van der Waals surface area contributed by atoms with Gasteiger partial charge in [-0.3, -0.25) is 9.79 Å². The van der Waals surface area contributed by atoms with Crippen LogP contribution in [-0.4, -0.2) is 48.6 Å². The SMILES string of the molecule is CCOC(=O)C1CCN(C(=NC)NCc2nc(C)c(C)o2)CC1. The number of esters is 1. The van der Waals surface area contributed by atoms with Gasteiger partial charge in [0.1, 0.15) is 5.76 Å². The van der Waals surface area contributed by atoms with E-state index in [4.69, 9.17) is 9.15 Å². The molecule has 0 unspecified atom stereocenters. The average Bonchev–Trinajstić information content (AvgIpc) is 2.87. The number of oxazole rings is 1. The van der Waals surface area contributed by atoms with Crippen molar-refractivity contribution in [2.45, 2.75) is 40.2 Å². The van der Waals surface area contributed by atoms with E-state index in [9.17, 15) is 4.79 Å². The number of piperidine rings is 1. The van der Waals surface area contributed by atoms with Crippen molar-refractivity contribution in [2.75, 3.05) is 26.7 Å². The number of aliphatic imine (C=N–C) groups is 1. The summed E-state index contributed by atoms with van der Waals surface area (Å²) in [6.07, 6.45) is 1.58. The summed E-state index contributed by atoms with van der Waals surface area (Å²) in [7, 11) is 1.76. The molecular formula is C16H26N4O3.